The van der Waals surface area contributed by atoms with Gasteiger partial charge < -0.3 is 19.7 Å². The number of rotatable bonds is 8. The lowest BCUT2D eigenvalue weighted by molar-refractivity contribution is -0.130. The lowest BCUT2D eigenvalue weighted by atomic mass is 10.0. The number of anilines is 1. The van der Waals surface area contributed by atoms with E-state index in [4.69, 9.17) is 9.97 Å². The van der Waals surface area contributed by atoms with Gasteiger partial charge in [0.05, 0.1) is 17.4 Å². The monoisotopic (exact) mass is 523 g/mol. The lowest BCUT2D eigenvalue weighted by Crippen LogP contribution is -2.45. The van der Waals surface area contributed by atoms with Gasteiger partial charge in [-0.3, -0.25) is 9.59 Å². The van der Waals surface area contributed by atoms with Crippen LogP contribution in [0.15, 0.2) is 67.3 Å². The van der Waals surface area contributed by atoms with Crippen molar-refractivity contribution in [2.24, 2.45) is 0 Å². The quantitative estimate of drug-likeness (QED) is 0.352. The van der Waals surface area contributed by atoms with Crippen LogP contribution in [-0.2, 0) is 11.3 Å². The Bertz CT molecular complexity index is 1450. The summed E-state index contributed by atoms with van der Waals surface area (Å²) in [6, 6.07) is 15.9. The van der Waals surface area contributed by atoms with Crippen LogP contribution in [-0.4, -0.2) is 68.5 Å². The van der Waals surface area contributed by atoms with Gasteiger partial charge in [-0.25, -0.2) is 15.0 Å². The van der Waals surface area contributed by atoms with E-state index in [0.717, 1.165) is 74.5 Å². The van der Waals surface area contributed by atoms with Gasteiger partial charge >= 0.3 is 0 Å². The number of imidazole rings is 1. The number of hydrogen-bond donors (Lipinski definition) is 1. The van der Waals surface area contributed by atoms with Crippen LogP contribution in [0, 0.1) is 0 Å². The zero-order valence-electron chi connectivity index (χ0n) is 22.0. The molecule has 0 bridgehead atoms. The fourth-order valence-corrected chi connectivity index (χ4v) is 5.63. The third kappa shape index (κ3) is 5.48. The molecule has 39 heavy (non-hydrogen) atoms. The molecule has 0 unspecified atom stereocenters. The Morgan fingerprint density at radius 3 is 2.59 bits per heavy atom. The Morgan fingerprint density at radius 2 is 1.85 bits per heavy atom. The molecule has 2 aromatic carbocycles. The highest BCUT2D eigenvalue weighted by Crippen LogP contribution is 2.33. The summed E-state index contributed by atoms with van der Waals surface area (Å²) in [5.74, 6) is 1.03. The molecule has 2 amide bonds. The average Bonchev–Trinajstić information content (AvgIpc) is 3.66. The molecule has 200 valence electrons. The van der Waals surface area contributed by atoms with E-state index in [9.17, 15) is 9.59 Å². The number of benzene rings is 2. The molecule has 9 nitrogen and oxygen atoms in total. The van der Waals surface area contributed by atoms with Gasteiger partial charge in [0.1, 0.15) is 5.69 Å². The second-order valence-corrected chi connectivity index (χ2v) is 10.3. The summed E-state index contributed by atoms with van der Waals surface area (Å²) in [5, 5.41) is 3.01. The summed E-state index contributed by atoms with van der Waals surface area (Å²) >= 11 is 0. The summed E-state index contributed by atoms with van der Waals surface area (Å²) in [6.07, 6.45) is 9.78. The maximum Gasteiger partial charge on any atom is 0.251 e. The molecule has 2 saturated heterocycles. The van der Waals surface area contributed by atoms with Crippen molar-refractivity contribution in [3.05, 3.63) is 72.8 Å². The second-order valence-electron chi connectivity index (χ2n) is 10.3. The van der Waals surface area contributed by atoms with Crippen molar-refractivity contribution in [2.45, 2.75) is 44.7 Å². The molecule has 0 radical (unpaired) electrons. The average molecular weight is 524 g/mol. The van der Waals surface area contributed by atoms with Crippen LogP contribution in [0.4, 0.5) is 5.82 Å². The van der Waals surface area contributed by atoms with Crippen molar-refractivity contribution in [3.63, 3.8) is 0 Å². The second kappa shape index (κ2) is 11.2. The van der Waals surface area contributed by atoms with Crippen LogP contribution in [0.1, 0.15) is 42.5 Å². The smallest absolute Gasteiger partial charge is 0.251 e. The number of amides is 2. The highest BCUT2D eigenvalue weighted by Gasteiger charge is 2.32. The van der Waals surface area contributed by atoms with Gasteiger partial charge in [0.2, 0.25) is 5.91 Å². The van der Waals surface area contributed by atoms with Crippen LogP contribution in [0.25, 0.3) is 22.3 Å². The number of aryl methyl sites for hydroxylation is 1. The fraction of sp³-hybridized carbons (Fsp3) is 0.367. The number of carbonyl (C=O) groups is 2. The van der Waals surface area contributed by atoms with E-state index in [0.29, 0.717) is 36.0 Å². The minimum atomic E-state index is -0.117. The maximum atomic E-state index is 12.9. The summed E-state index contributed by atoms with van der Waals surface area (Å²) in [5.41, 5.74) is 3.84. The Kier molecular flexibility index (Phi) is 7.21. The molecule has 0 aliphatic carbocycles. The minimum Gasteiger partial charge on any atom is -0.355 e. The molecule has 2 aliphatic heterocycles. The topological polar surface area (TPSA) is 96.3 Å². The third-order valence-corrected chi connectivity index (χ3v) is 7.71. The summed E-state index contributed by atoms with van der Waals surface area (Å²) < 4.78 is 1.99. The molecule has 2 aliphatic rings. The van der Waals surface area contributed by atoms with Gasteiger partial charge in [0.15, 0.2) is 5.82 Å². The molecule has 0 saturated carbocycles. The summed E-state index contributed by atoms with van der Waals surface area (Å²) in [6.45, 7) is 3.92. The van der Waals surface area contributed by atoms with E-state index in [-0.39, 0.29) is 5.91 Å². The van der Waals surface area contributed by atoms with Crippen molar-refractivity contribution in [1.29, 1.82) is 0 Å². The molecule has 4 aromatic rings. The van der Waals surface area contributed by atoms with E-state index in [1.807, 2.05) is 59.3 Å². The highest BCUT2D eigenvalue weighted by molar-refractivity contribution is 5.98. The first kappa shape index (κ1) is 25.0. The predicted octanol–water partition coefficient (Wildman–Crippen LogP) is 3.90. The first-order valence-electron chi connectivity index (χ1n) is 13.8. The number of hydrogen-bond acceptors (Lipinski definition) is 6. The fourth-order valence-electron chi connectivity index (χ4n) is 5.63. The normalized spacial score (nSPS) is 16.3. The van der Waals surface area contributed by atoms with Gasteiger partial charge in [0.25, 0.3) is 5.91 Å². The zero-order valence-corrected chi connectivity index (χ0v) is 22.0. The number of nitrogens with zero attached hydrogens (tertiary/aromatic N) is 6. The molecule has 0 spiro atoms. The number of nitrogens with one attached hydrogen (secondary N) is 1. The molecule has 9 heteroatoms. The molecule has 2 aromatic heterocycles. The molecule has 0 atom stereocenters. The first-order chi connectivity index (χ1) is 19.2. The van der Waals surface area contributed by atoms with E-state index in [1.54, 1.807) is 12.5 Å². The van der Waals surface area contributed by atoms with Crippen molar-refractivity contribution in [2.75, 3.05) is 31.1 Å². The van der Waals surface area contributed by atoms with Crippen molar-refractivity contribution in [3.8, 4) is 11.3 Å². The van der Waals surface area contributed by atoms with E-state index in [1.165, 1.54) is 0 Å². The highest BCUT2D eigenvalue weighted by atomic mass is 16.2. The molecule has 1 N–H and O–H groups in total. The number of likely N-dealkylation sites (tertiary alicyclic amines) is 1. The number of carbonyl (C=O) groups excluding carboxylic acids is 2. The van der Waals surface area contributed by atoms with Crippen molar-refractivity contribution in [1.82, 2.24) is 29.7 Å². The van der Waals surface area contributed by atoms with E-state index >= 15 is 0 Å². The Hall–Kier alpha value is -4.27. The third-order valence-electron chi connectivity index (χ3n) is 7.71. The van der Waals surface area contributed by atoms with Gasteiger partial charge in [-0.05, 0) is 43.9 Å². The first-order valence-corrected chi connectivity index (χ1v) is 13.8. The zero-order chi connectivity index (χ0) is 26.6. The number of piperidine rings is 1. The van der Waals surface area contributed by atoms with Gasteiger partial charge in [-0.15, -0.1) is 0 Å². The standard InChI is InChI=1S/C30H33N7O2/c38-27-8-4-16-37(27)24-11-17-36(18-12-24)29-28(22-6-2-1-3-7-22)33-26-20-23(9-10-25(26)34-29)30(39)32-13-5-15-35-19-14-31-21-35/h1-3,6-7,9-10,14,19-21,24H,4-5,8,11-13,15-18H2,(H,32,39). The van der Waals surface area contributed by atoms with E-state index < -0.39 is 0 Å². The lowest BCUT2D eigenvalue weighted by Gasteiger charge is -2.37. The number of fused-ring (bicyclic) bond motifs is 1. The van der Waals surface area contributed by atoms with Crippen LogP contribution in [0.3, 0.4) is 0 Å². The minimum absolute atomic E-state index is 0.117. The van der Waals surface area contributed by atoms with E-state index in [2.05, 4.69) is 20.1 Å². The molecular formula is C30H33N7O2. The van der Waals surface area contributed by atoms with Crippen LogP contribution >= 0.6 is 0 Å². The van der Waals surface area contributed by atoms with Crippen LogP contribution in [0.5, 0.6) is 0 Å². The SMILES string of the molecule is O=C(NCCCn1ccnc1)c1ccc2nc(N3CCC(N4CCCC4=O)CC3)c(-c3ccccc3)nc2c1. The van der Waals surface area contributed by atoms with Gasteiger partial charge in [0, 0.05) is 68.7 Å². The molecular weight excluding hydrogens is 490 g/mol. The number of aromatic nitrogens is 4. The van der Waals surface area contributed by atoms with Crippen LogP contribution < -0.4 is 10.2 Å². The maximum absolute atomic E-state index is 12.9. The summed E-state index contributed by atoms with van der Waals surface area (Å²) in [4.78, 5) is 43.7. The Labute approximate surface area is 227 Å². The molecule has 6 rings (SSSR count). The van der Waals surface area contributed by atoms with Crippen molar-refractivity contribution >= 4 is 28.7 Å². The Balaban J connectivity index is 1.21. The Morgan fingerprint density at radius 1 is 1.00 bits per heavy atom. The van der Waals surface area contributed by atoms with Gasteiger partial charge in [-0.2, -0.15) is 0 Å². The molecule has 2 fully saturated rings. The molecule has 4 heterocycles. The van der Waals surface area contributed by atoms with Crippen molar-refractivity contribution < 1.29 is 9.59 Å². The van der Waals surface area contributed by atoms with Gasteiger partial charge in [-0.1, -0.05) is 30.3 Å². The predicted molar refractivity (Wildman–Crippen MR) is 150 cm³/mol. The summed E-state index contributed by atoms with van der Waals surface area (Å²) in [7, 11) is 0. The van der Waals surface area contributed by atoms with Crippen LogP contribution in [0.2, 0.25) is 0 Å². The largest absolute Gasteiger partial charge is 0.355 e.